The Morgan fingerprint density at radius 3 is 0.893 bits per heavy atom. The van der Waals surface area contributed by atoms with Crippen molar-refractivity contribution in [2.75, 3.05) is 0 Å². The third-order valence-electron chi connectivity index (χ3n) is 16.4. The van der Waals surface area contributed by atoms with Crippen LogP contribution in [0.2, 0.25) is 0 Å². The number of benzene rings is 16. The summed E-state index contributed by atoms with van der Waals surface area (Å²) in [6.45, 7) is 8.62. The standard InChI is InChI=1S/4C21H16/c1-15-13-17-8-3-5-11-19(17)21(14-15)20-12-6-9-16-7-2-4-10-18(16)20;1-15-12-13-19-17(14-15)8-5-11-21(19)20-10-4-7-16-6-2-3-9-18(16)20;1-15-12-18-8-4-5-9-20(18)21(13-15)19-11-10-16-6-2-3-7-17(16)14-19;1-15-9-12-21-18(13-15)7-4-8-20(21)19-11-10-16-5-2-3-6-17(16)14-19/h4*2-14H,1H3. The van der Waals surface area contributed by atoms with Gasteiger partial charge in [0.05, 0.1) is 0 Å². The van der Waals surface area contributed by atoms with Gasteiger partial charge in [-0.15, -0.1) is 0 Å². The highest BCUT2D eigenvalue weighted by molar-refractivity contribution is 6.08. The average Bonchev–Trinajstić information content (AvgIpc) is 3.74. The summed E-state index contributed by atoms with van der Waals surface area (Å²) in [4.78, 5) is 0. The first kappa shape index (κ1) is 52.9. The van der Waals surface area contributed by atoms with Gasteiger partial charge in [-0.3, -0.25) is 0 Å². The fourth-order valence-electron chi connectivity index (χ4n) is 12.3. The molecule has 0 saturated heterocycles. The van der Waals surface area contributed by atoms with Crippen molar-refractivity contribution in [3.05, 3.63) is 338 Å². The van der Waals surface area contributed by atoms with E-state index in [4.69, 9.17) is 0 Å². The Labute approximate surface area is 493 Å². The van der Waals surface area contributed by atoms with Gasteiger partial charge in [-0.05, 0) is 182 Å². The second kappa shape index (κ2) is 23.6. The van der Waals surface area contributed by atoms with Crippen molar-refractivity contribution >= 4 is 86.2 Å². The van der Waals surface area contributed by atoms with Crippen molar-refractivity contribution in [2.45, 2.75) is 27.7 Å². The fraction of sp³-hybridized carbons (Fsp3) is 0.0476. The summed E-state index contributed by atoms with van der Waals surface area (Å²) in [7, 11) is 0. The lowest BCUT2D eigenvalue weighted by Crippen LogP contribution is -1.85. The maximum Gasteiger partial charge on any atom is -0.00965 e. The summed E-state index contributed by atoms with van der Waals surface area (Å²) < 4.78 is 0. The van der Waals surface area contributed by atoms with Gasteiger partial charge in [0.15, 0.2) is 0 Å². The van der Waals surface area contributed by atoms with E-state index in [1.165, 1.54) is 153 Å². The first-order valence-electron chi connectivity index (χ1n) is 29.2. The molecule has 16 aromatic rings. The highest BCUT2D eigenvalue weighted by Gasteiger charge is 2.11. The van der Waals surface area contributed by atoms with Crippen molar-refractivity contribution in [2.24, 2.45) is 0 Å². The van der Waals surface area contributed by atoms with Gasteiger partial charge in [0, 0.05) is 0 Å². The van der Waals surface area contributed by atoms with Gasteiger partial charge in [-0.25, -0.2) is 0 Å². The Balaban J connectivity index is 0.000000104. The van der Waals surface area contributed by atoms with Gasteiger partial charge in [-0.2, -0.15) is 0 Å². The van der Waals surface area contributed by atoms with Gasteiger partial charge < -0.3 is 0 Å². The molecule has 16 rings (SSSR count). The Kier molecular flexibility index (Phi) is 14.9. The molecule has 0 saturated carbocycles. The minimum atomic E-state index is 1.28. The molecule has 0 bridgehead atoms. The van der Waals surface area contributed by atoms with Crippen LogP contribution in [-0.4, -0.2) is 0 Å². The first-order valence-corrected chi connectivity index (χ1v) is 29.2. The molecule has 0 aliphatic heterocycles. The zero-order chi connectivity index (χ0) is 56.9. The molecule has 0 aromatic heterocycles. The predicted molar refractivity (Wildman–Crippen MR) is 367 cm³/mol. The summed E-state index contributed by atoms with van der Waals surface area (Å²) in [6.07, 6.45) is 0. The number of aryl methyl sites for hydroxylation is 4. The summed E-state index contributed by atoms with van der Waals surface area (Å²) >= 11 is 0. The van der Waals surface area contributed by atoms with Crippen LogP contribution in [0.3, 0.4) is 0 Å². The van der Waals surface area contributed by atoms with E-state index in [9.17, 15) is 0 Å². The molecule has 0 amide bonds. The molecule has 0 heterocycles. The van der Waals surface area contributed by atoms with Crippen LogP contribution in [0, 0.1) is 27.7 Å². The van der Waals surface area contributed by atoms with E-state index in [-0.39, 0.29) is 0 Å². The highest BCUT2D eigenvalue weighted by atomic mass is 14.2. The van der Waals surface area contributed by atoms with Crippen LogP contribution in [0.4, 0.5) is 0 Å². The monoisotopic (exact) mass is 1070 g/mol. The Bertz CT molecular complexity index is 5020. The molecule has 0 radical (unpaired) electrons. The van der Waals surface area contributed by atoms with Crippen LogP contribution in [-0.2, 0) is 0 Å². The third kappa shape index (κ3) is 11.1. The van der Waals surface area contributed by atoms with Crippen LogP contribution >= 0.6 is 0 Å². The lowest BCUT2D eigenvalue weighted by atomic mass is 9.92. The smallest absolute Gasteiger partial charge is 0.00965 e. The van der Waals surface area contributed by atoms with Crippen molar-refractivity contribution in [3.63, 3.8) is 0 Å². The lowest BCUT2D eigenvalue weighted by molar-refractivity contribution is 1.50. The number of hydrogen-bond donors (Lipinski definition) is 0. The van der Waals surface area contributed by atoms with E-state index >= 15 is 0 Å². The van der Waals surface area contributed by atoms with E-state index < -0.39 is 0 Å². The number of rotatable bonds is 4. The van der Waals surface area contributed by atoms with Crippen LogP contribution < -0.4 is 0 Å². The van der Waals surface area contributed by atoms with Crippen molar-refractivity contribution < 1.29 is 0 Å². The first-order chi connectivity index (χ1) is 41.3. The molecule has 0 heteroatoms. The average molecular weight is 1070 g/mol. The summed E-state index contributed by atoms with van der Waals surface area (Å²) in [5, 5.41) is 20.9. The largest absolute Gasteiger partial charge is 0.0616 e. The second-order valence-corrected chi connectivity index (χ2v) is 22.3. The zero-order valence-corrected chi connectivity index (χ0v) is 48.0. The predicted octanol–water partition coefficient (Wildman–Crippen LogP) is 23.9. The Morgan fingerprint density at radius 1 is 0.143 bits per heavy atom. The summed E-state index contributed by atoms with van der Waals surface area (Å²) in [5.41, 5.74) is 15.7. The van der Waals surface area contributed by atoms with Gasteiger partial charge in [0.1, 0.15) is 0 Å². The molecule has 0 N–H and O–H groups in total. The van der Waals surface area contributed by atoms with Crippen molar-refractivity contribution in [1.29, 1.82) is 0 Å². The normalized spacial score (nSPS) is 11.1. The maximum absolute atomic E-state index is 2.30. The topological polar surface area (TPSA) is 0 Å². The molecule has 0 fully saturated rings. The second-order valence-electron chi connectivity index (χ2n) is 22.3. The molecule has 0 aliphatic carbocycles. The van der Waals surface area contributed by atoms with Gasteiger partial charge in [0.2, 0.25) is 0 Å². The third-order valence-corrected chi connectivity index (χ3v) is 16.4. The SMILES string of the molecule is Cc1cc(-c2ccc3ccccc3c2)c2ccccc2c1.Cc1cc(-c2cccc3ccccc23)c2ccccc2c1.Cc1ccc2c(-c3ccc4ccccc4c3)cccc2c1.Cc1ccc2c(-c3cccc4ccccc34)cccc2c1. The molecule has 0 aliphatic rings. The molecular weight excluding hydrogens is 1010 g/mol. The van der Waals surface area contributed by atoms with Crippen LogP contribution in [0.5, 0.6) is 0 Å². The molecule has 16 aromatic carbocycles. The minimum absolute atomic E-state index is 1.28. The van der Waals surface area contributed by atoms with E-state index in [0.29, 0.717) is 0 Å². The van der Waals surface area contributed by atoms with Crippen LogP contribution in [0.25, 0.3) is 131 Å². The van der Waals surface area contributed by atoms with Gasteiger partial charge in [-0.1, -0.05) is 314 Å². The zero-order valence-electron chi connectivity index (χ0n) is 48.0. The summed E-state index contributed by atoms with van der Waals surface area (Å²) in [6, 6.07) is 114. The molecule has 84 heavy (non-hydrogen) atoms. The quantitative estimate of drug-likeness (QED) is 0.165. The Hall–Kier alpha value is -10.4. The Morgan fingerprint density at radius 2 is 0.429 bits per heavy atom. The highest BCUT2D eigenvalue weighted by Crippen LogP contribution is 2.38. The van der Waals surface area contributed by atoms with E-state index in [1.54, 1.807) is 0 Å². The van der Waals surface area contributed by atoms with Crippen molar-refractivity contribution in [1.82, 2.24) is 0 Å². The van der Waals surface area contributed by atoms with Crippen molar-refractivity contribution in [3.8, 4) is 44.5 Å². The molecule has 0 spiro atoms. The maximum atomic E-state index is 2.30. The molecule has 0 unspecified atom stereocenters. The molecule has 0 atom stereocenters. The minimum Gasteiger partial charge on any atom is -0.0616 e. The van der Waals surface area contributed by atoms with Gasteiger partial charge >= 0.3 is 0 Å². The fourth-order valence-corrected chi connectivity index (χ4v) is 12.3. The van der Waals surface area contributed by atoms with Crippen LogP contribution in [0.1, 0.15) is 22.3 Å². The van der Waals surface area contributed by atoms with E-state index in [0.717, 1.165) is 0 Å². The van der Waals surface area contributed by atoms with Crippen LogP contribution in [0.15, 0.2) is 315 Å². The lowest BCUT2D eigenvalue weighted by Gasteiger charge is -2.11. The summed E-state index contributed by atoms with van der Waals surface area (Å²) in [5.74, 6) is 0. The molecular formula is C84H64. The molecule has 0 nitrogen and oxygen atoms in total. The van der Waals surface area contributed by atoms with Gasteiger partial charge in [0.25, 0.3) is 0 Å². The molecule has 400 valence electrons. The van der Waals surface area contributed by atoms with E-state index in [1.807, 2.05) is 0 Å². The number of fused-ring (bicyclic) bond motifs is 8. The van der Waals surface area contributed by atoms with E-state index in [2.05, 4.69) is 343 Å². The number of hydrogen-bond acceptors (Lipinski definition) is 0.